The molecule has 3 N–H and O–H groups in total. The summed E-state index contributed by atoms with van der Waals surface area (Å²) in [5.74, 6) is 0. The van der Waals surface area contributed by atoms with E-state index in [4.69, 9.17) is 17.5 Å². The molecule has 0 amide bonds. The van der Waals surface area contributed by atoms with Crippen LogP contribution in [0.25, 0.3) is 11.0 Å². The highest BCUT2D eigenvalue weighted by atomic mass is 32.3. The standard InChI is InChI=1S/C8H6N2O.H2O4S/c11-7-4-3-6-2-1-5-9-8(6)10-7;1-5(2,3)4/h1-5H,(H,9,10,11);(H2,1,2,3,4). The number of rotatable bonds is 0. The average molecular weight is 244 g/mol. The smallest absolute Gasteiger partial charge is 0.307 e. The van der Waals surface area contributed by atoms with E-state index in [1.807, 2.05) is 12.1 Å². The molecule has 0 unspecified atom stereocenters. The van der Waals surface area contributed by atoms with Crippen LogP contribution in [0.3, 0.4) is 0 Å². The first-order valence-electron chi connectivity index (χ1n) is 4.00. The zero-order valence-electron chi connectivity index (χ0n) is 7.86. The van der Waals surface area contributed by atoms with Crippen molar-refractivity contribution in [3.05, 3.63) is 40.8 Å². The summed E-state index contributed by atoms with van der Waals surface area (Å²) >= 11 is 0. The van der Waals surface area contributed by atoms with Gasteiger partial charge in [-0.3, -0.25) is 13.9 Å². The van der Waals surface area contributed by atoms with Gasteiger partial charge in [0.25, 0.3) is 0 Å². The normalized spacial score (nSPS) is 10.6. The molecule has 0 atom stereocenters. The predicted molar refractivity (Wildman–Crippen MR) is 56.5 cm³/mol. The SMILES string of the molecule is O=S(=O)(O)O.O=c1ccc2cccnc2[nH]1. The predicted octanol–water partition coefficient (Wildman–Crippen LogP) is 0.270. The van der Waals surface area contributed by atoms with E-state index in [1.54, 1.807) is 12.3 Å². The number of aromatic amines is 1. The van der Waals surface area contributed by atoms with Crippen molar-refractivity contribution >= 4 is 21.4 Å². The van der Waals surface area contributed by atoms with Gasteiger partial charge < -0.3 is 4.98 Å². The van der Waals surface area contributed by atoms with Gasteiger partial charge in [-0.2, -0.15) is 8.42 Å². The van der Waals surface area contributed by atoms with Gasteiger partial charge >= 0.3 is 10.4 Å². The average Bonchev–Trinajstić information content (AvgIpc) is 2.15. The second kappa shape index (κ2) is 4.84. The van der Waals surface area contributed by atoms with E-state index >= 15 is 0 Å². The molecule has 86 valence electrons. The molecule has 0 fully saturated rings. The molecule has 2 aromatic heterocycles. The van der Waals surface area contributed by atoms with Crippen LogP contribution < -0.4 is 5.56 Å². The molecular weight excluding hydrogens is 236 g/mol. The largest absolute Gasteiger partial charge is 0.394 e. The molecule has 0 bridgehead atoms. The number of nitrogens with one attached hydrogen (secondary N) is 1. The van der Waals surface area contributed by atoms with Crippen molar-refractivity contribution in [2.45, 2.75) is 0 Å². The number of hydrogen-bond acceptors (Lipinski definition) is 4. The van der Waals surface area contributed by atoms with Crippen LogP contribution in [0.5, 0.6) is 0 Å². The zero-order chi connectivity index (χ0) is 12.2. The Kier molecular flexibility index (Phi) is 3.72. The summed E-state index contributed by atoms with van der Waals surface area (Å²) in [6, 6.07) is 6.98. The molecule has 0 aromatic carbocycles. The molecule has 0 spiro atoms. The van der Waals surface area contributed by atoms with Crippen molar-refractivity contribution in [1.29, 1.82) is 0 Å². The molecule has 16 heavy (non-hydrogen) atoms. The van der Waals surface area contributed by atoms with Crippen LogP contribution in [0.2, 0.25) is 0 Å². The van der Waals surface area contributed by atoms with Crippen LogP contribution in [0.4, 0.5) is 0 Å². The van der Waals surface area contributed by atoms with Crippen LogP contribution in [0.15, 0.2) is 35.3 Å². The van der Waals surface area contributed by atoms with Gasteiger partial charge in [0.1, 0.15) is 5.65 Å². The van der Waals surface area contributed by atoms with Gasteiger partial charge in [0.05, 0.1) is 0 Å². The molecule has 0 saturated carbocycles. The lowest BCUT2D eigenvalue weighted by Gasteiger charge is -1.92. The van der Waals surface area contributed by atoms with E-state index in [1.165, 1.54) is 6.07 Å². The molecular formula is C8H8N2O5S. The second-order valence-electron chi connectivity index (χ2n) is 2.71. The quantitative estimate of drug-likeness (QED) is 0.572. The highest BCUT2D eigenvalue weighted by Gasteiger charge is 1.90. The molecule has 0 radical (unpaired) electrons. The second-order valence-corrected chi connectivity index (χ2v) is 3.61. The van der Waals surface area contributed by atoms with E-state index in [0.717, 1.165) is 5.39 Å². The Morgan fingerprint density at radius 3 is 2.44 bits per heavy atom. The van der Waals surface area contributed by atoms with Gasteiger partial charge in [-0.05, 0) is 18.2 Å². The van der Waals surface area contributed by atoms with Crippen LogP contribution >= 0.6 is 0 Å². The molecule has 0 aliphatic rings. The van der Waals surface area contributed by atoms with Crippen molar-refractivity contribution in [2.75, 3.05) is 0 Å². The molecule has 0 aliphatic heterocycles. The first kappa shape index (κ1) is 12.3. The third-order valence-electron chi connectivity index (χ3n) is 1.49. The van der Waals surface area contributed by atoms with Crippen molar-refractivity contribution in [1.82, 2.24) is 9.97 Å². The van der Waals surface area contributed by atoms with Crippen molar-refractivity contribution < 1.29 is 17.5 Å². The summed E-state index contributed by atoms with van der Waals surface area (Å²) in [5.41, 5.74) is 0.524. The molecule has 0 saturated heterocycles. The van der Waals surface area contributed by atoms with Crippen LogP contribution in [-0.4, -0.2) is 27.5 Å². The van der Waals surface area contributed by atoms with Gasteiger partial charge in [0.15, 0.2) is 0 Å². The fourth-order valence-electron chi connectivity index (χ4n) is 0.981. The van der Waals surface area contributed by atoms with Gasteiger partial charge in [0.2, 0.25) is 5.56 Å². The maximum absolute atomic E-state index is 10.8. The molecule has 2 heterocycles. The fraction of sp³-hybridized carbons (Fsp3) is 0. The lowest BCUT2D eigenvalue weighted by atomic mass is 10.3. The molecule has 2 aromatic rings. The van der Waals surface area contributed by atoms with E-state index in [9.17, 15) is 4.79 Å². The summed E-state index contributed by atoms with van der Waals surface area (Å²) < 4.78 is 31.6. The first-order valence-corrected chi connectivity index (χ1v) is 5.40. The van der Waals surface area contributed by atoms with Gasteiger partial charge in [-0.1, -0.05) is 0 Å². The minimum atomic E-state index is -4.67. The Hall–Kier alpha value is -1.77. The van der Waals surface area contributed by atoms with Crippen LogP contribution in [0, 0.1) is 0 Å². The Bertz CT molecular complexity index is 626. The number of aromatic nitrogens is 2. The van der Waals surface area contributed by atoms with E-state index < -0.39 is 10.4 Å². The monoisotopic (exact) mass is 244 g/mol. The topological polar surface area (TPSA) is 120 Å². The minimum Gasteiger partial charge on any atom is -0.307 e. The number of fused-ring (bicyclic) bond motifs is 1. The summed E-state index contributed by atoms with van der Waals surface area (Å²) in [7, 11) is -4.67. The Balaban J connectivity index is 0.000000221. The summed E-state index contributed by atoms with van der Waals surface area (Å²) in [6.45, 7) is 0. The van der Waals surface area contributed by atoms with Crippen LogP contribution in [-0.2, 0) is 10.4 Å². The Morgan fingerprint density at radius 1 is 1.19 bits per heavy atom. The maximum atomic E-state index is 10.8. The fourth-order valence-corrected chi connectivity index (χ4v) is 0.981. The first-order chi connectivity index (χ1) is 7.36. The Morgan fingerprint density at radius 2 is 1.81 bits per heavy atom. The van der Waals surface area contributed by atoms with Crippen molar-refractivity contribution in [3.8, 4) is 0 Å². The lowest BCUT2D eigenvalue weighted by Crippen LogP contribution is -2.02. The maximum Gasteiger partial charge on any atom is 0.394 e. The lowest BCUT2D eigenvalue weighted by molar-refractivity contribution is 0.381. The molecule has 8 heteroatoms. The number of nitrogens with zero attached hydrogens (tertiary/aromatic N) is 1. The Labute approximate surface area is 90.4 Å². The van der Waals surface area contributed by atoms with Gasteiger partial charge in [-0.25, -0.2) is 4.98 Å². The van der Waals surface area contributed by atoms with Gasteiger partial charge in [-0.15, -0.1) is 0 Å². The molecule has 7 nitrogen and oxygen atoms in total. The summed E-state index contributed by atoms with van der Waals surface area (Å²) in [4.78, 5) is 17.4. The highest BCUT2D eigenvalue weighted by molar-refractivity contribution is 7.79. The van der Waals surface area contributed by atoms with E-state index in [0.29, 0.717) is 5.65 Å². The highest BCUT2D eigenvalue weighted by Crippen LogP contribution is 2.02. The molecule has 0 aliphatic carbocycles. The number of pyridine rings is 2. The number of H-pyrrole nitrogens is 1. The summed E-state index contributed by atoms with van der Waals surface area (Å²) in [5, 5.41) is 0.951. The minimum absolute atomic E-state index is 0.115. The molecule has 2 rings (SSSR count). The third-order valence-corrected chi connectivity index (χ3v) is 1.49. The van der Waals surface area contributed by atoms with Gasteiger partial charge in [0, 0.05) is 17.6 Å². The van der Waals surface area contributed by atoms with Crippen LogP contribution in [0.1, 0.15) is 0 Å². The van der Waals surface area contributed by atoms with Crippen molar-refractivity contribution in [2.24, 2.45) is 0 Å². The van der Waals surface area contributed by atoms with Crippen molar-refractivity contribution in [3.63, 3.8) is 0 Å². The summed E-state index contributed by atoms with van der Waals surface area (Å²) in [6.07, 6.45) is 1.65. The van der Waals surface area contributed by atoms with E-state index in [2.05, 4.69) is 9.97 Å². The van der Waals surface area contributed by atoms with E-state index in [-0.39, 0.29) is 5.56 Å². The third kappa shape index (κ3) is 4.64. The zero-order valence-corrected chi connectivity index (χ0v) is 8.68. The number of hydrogen-bond donors (Lipinski definition) is 3.